The topological polar surface area (TPSA) is 82.8 Å². The summed E-state index contributed by atoms with van der Waals surface area (Å²) in [5.74, 6) is 0.891. The zero-order valence-electron chi connectivity index (χ0n) is 17.6. The molecular weight excluding hydrogens is 411 g/mol. The van der Waals surface area contributed by atoms with E-state index in [1.807, 2.05) is 13.8 Å². The lowest BCUT2D eigenvalue weighted by Gasteiger charge is -2.20. The Hall–Kier alpha value is -2.51. The number of rotatable bonds is 11. The maximum Gasteiger partial charge on any atom is 0.234 e. The van der Waals surface area contributed by atoms with Crippen molar-refractivity contribution >= 4 is 17.5 Å². The van der Waals surface area contributed by atoms with Gasteiger partial charge in [-0.15, -0.1) is 0 Å². The van der Waals surface area contributed by atoms with Gasteiger partial charge in [0.2, 0.25) is 5.91 Å². The van der Waals surface area contributed by atoms with Crippen LogP contribution >= 0.6 is 11.6 Å². The second-order valence-electron chi connectivity index (χ2n) is 7.26. The molecule has 1 amide bonds. The van der Waals surface area contributed by atoms with Crippen molar-refractivity contribution in [2.24, 2.45) is 11.7 Å². The van der Waals surface area contributed by atoms with Crippen molar-refractivity contribution in [3.63, 3.8) is 0 Å². The van der Waals surface area contributed by atoms with E-state index >= 15 is 0 Å². The maximum atomic E-state index is 14.0. The highest BCUT2D eigenvalue weighted by Crippen LogP contribution is 2.35. The van der Waals surface area contributed by atoms with Gasteiger partial charge in [0.05, 0.1) is 30.8 Å². The lowest BCUT2D eigenvalue weighted by Crippen LogP contribution is -2.41. The lowest BCUT2D eigenvalue weighted by molar-refractivity contribution is -0.120. The number of nitrogens with one attached hydrogen (secondary N) is 1. The van der Waals surface area contributed by atoms with Gasteiger partial charge in [0, 0.05) is 24.2 Å². The molecule has 8 heteroatoms. The summed E-state index contributed by atoms with van der Waals surface area (Å²) < 4.78 is 30.7. The van der Waals surface area contributed by atoms with Crippen LogP contribution in [-0.2, 0) is 17.9 Å². The van der Waals surface area contributed by atoms with Crippen LogP contribution in [0.5, 0.6) is 17.2 Å². The van der Waals surface area contributed by atoms with Gasteiger partial charge in [-0.1, -0.05) is 31.5 Å². The second-order valence-corrected chi connectivity index (χ2v) is 7.67. The van der Waals surface area contributed by atoms with Gasteiger partial charge in [-0.2, -0.15) is 0 Å². The van der Waals surface area contributed by atoms with Gasteiger partial charge >= 0.3 is 0 Å². The minimum Gasteiger partial charge on any atom is -0.496 e. The number of nitrogens with two attached hydrogens (primary N) is 1. The average Bonchev–Trinajstić information content (AvgIpc) is 2.70. The minimum absolute atomic E-state index is 0.0481. The number of benzene rings is 2. The summed E-state index contributed by atoms with van der Waals surface area (Å²) in [6.45, 7) is 4.30. The highest BCUT2D eigenvalue weighted by molar-refractivity contribution is 6.31. The third kappa shape index (κ3) is 6.24. The van der Waals surface area contributed by atoms with Gasteiger partial charge in [0.25, 0.3) is 0 Å². The first-order valence-electron chi connectivity index (χ1n) is 9.60. The molecule has 0 fully saturated rings. The Balaban J connectivity index is 2.21. The van der Waals surface area contributed by atoms with E-state index in [9.17, 15) is 9.18 Å². The van der Waals surface area contributed by atoms with Crippen LogP contribution in [0.25, 0.3) is 0 Å². The fourth-order valence-electron chi connectivity index (χ4n) is 3.04. The number of ether oxygens (including phenoxy) is 3. The molecule has 0 aliphatic heterocycles. The zero-order valence-corrected chi connectivity index (χ0v) is 18.4. The van der Waals surface area contributed by atoms with E-state index in [1.165, 1.54) is 26.4 Å². The monoisotopic (exact) mass is 438 g/mol. The lowest BCUT2D eigenvalue weighted by atomic mass is 10.0. The van der Waals surface area contributed by atoms with E-state index in [0.29, 0.717) is 41.7 Å². The molecule has 164 valence electrons. The van der Waals surface area contributed by atoms with Crippen molar-refractivity contribution in [2.45, 2.75) is 39.5 Å². The first-order valence-corrected chi connectivity index (χ1v) is 9.97. The standard InChI is InChI=1S/C22H28ClFN2O4/c1-13(2)8-19(22(25)27)26-11-15-20(28-3)9-14(10-21(15)29-4)30-12-16-17(23)6-5-7-18(16)24/h5-7,9-10,13,19,26H,8,11-12H2,1-4H3,(H2,25,27)/t19-/m0/s1. The SMILES string of the molecule is COc1cc(OCc2c(F)cccc2Cl)cc(OC)c1CN[C@@H](CC(C)C)C(N)=O. The Morgan fingerprint density at radius 2 is 1.80 bits per heavy atom. The van der Waals surface area contributed by atoms with Crippen molar-refractivity contribution in [2.75, 3.05) is 14.2 Å². The van der Waals surface area contributed by atoms with Crippen LogP contribution in [0, 0.1) is 11.7 Å². The fourth-order valence-corrected chi connectivity index (χ4v) is 3.26. The van der Waals surface area contributed by atoms with Crippen molar-refractivity contribution in [3.05, 3.63) is 52.3 Å². The summed E-state index contributed by atoms with van der Waals surface area (Å²) in [6, 6.07) is 7.34. The Labute approximate surface area is 181 Å². The van der Waals surface area contributed by atoms with Crippen molar-refractivity contribution in [1.82, 2.24) is 5.32 Å². The molecule has 2 aromatic carbocycles. The number of carbonyl (C=O) groups excluding carboxylic acids is 1. The largest absolute Gasteiger partial charge is 0.496 e. The first-order chi connectivity index (χ1) is 14.3. The van der Waals surface area contributed by atoms with Gasteiger partial charge in [0.15, 0.2) is 0 Å². The van der Waals surface area contributed by atoms with Gasteiger partial charge in [-0.05, 0) is 24.5 Å². The predicted molar refractivity (Wildman–Crippen MR) is 115 cm³/mol. The third-order valence-electron chi connectivity index (χ3n) is 4.60. The molecule has 0 saturated carbocycles. The number of hydrogen-bond acceptors (Lipinski definition) is 5. The summed E-state index contributed by atoms with van der Waals surface area (Å²) in [5.41, 5.74) is 6.49. The summed E-state index contributed by atoms with van der Waals surface area (Å²) in [7, 11) is 3.05. The van der Waals surface area contributed by atoms with E-state index in [4.69, 9.17) is 31.5 Å². The maximum absolute atomic E-state index is 14.0. The summed E-state index contributed by atoms with van der Waals surface area (Å²) in [4.78, 5) is 11.7. The molecule has 0 saturated heterocycles. The fraction of sp³-hybridized carbons (Fsp3) is 0.409. The number of carbonyl (C=O) groups is 1. The van der Waals surface area contributed by atoms with Crippen molar-refractivity contribution in [1.29, 1.82) is 0 Å². The quantitative estimate of drug-likeness (QED) is 0.552. The molecule has 3 N–H and O–H groups in total. The van der Waals surface area contributed by atoms with Crippen LogP contribution in [-0.4, -0.2) is 26.2 Å². The molecule has 1 atom stereocenters. The van der Waals surface area contributed by atoms with Crippen LogP contribution in [0.3, 0.4) is 0 Å². The molecule has 0 heterocycles. The number of hydrogen-bond donors (Lipinski definition) is 2. The molecule has 2 aromatic rings. The van der Waals surface area contributed by atoms with Crippen molar-refractivity contribution in [3.8, 4) is 17.2 Å². The molecule has 0 aliphatic rings. The number of amides is 1. The Morgan fingerprint density at radius 3 is 2.30 bits per heavy atom. The van der Waals surface area contributed by atoms with Crippen LogP contribution in [0.2, 0.25) is 5.02 Å². The van der Waals surface area contributed by atoms with E-state index in [0.717, 1.165) is 0 Å². The predicted octanol–water partition coefficient (Wildman–Crippen LogP) is 4.06. The highest BCUT2D eigenvalue weighted by atomic mass is 35.5. The molecule has 6 nitrogen and oxygen atoms in total. The summed E-state index contributed by atoms with van der Waals surface area (Å²) in [5, 5.41) is 3.46. The first kappa shape index (κ1) is 23.8. The zero-order chi connectivity index (χ0) is 22.3. The van der Waals surface area contributed by atoms with Crippen molar-refractivity contribution < 1.29 is 23.4 Å². The number of primary amides is 1. The highest BCUT2D eigenvalue weighted by Gasteiger charge is 2.20. The average molecular weight is 439 g/mol. The van der Waals surface area contributed by atoms with Gasteiger partial charge < -0.3 is 25.3 Å². The van der Waals surface area contributed by atoms with Crippen LogP contribution in [0.1, 0.15) is 31.4 Å². The molecule has 0 aliphatic carbocycles. The Morgan fingerprint density at radius 1 is 1.17 bits per heavy atom. The summed E-state index contributed by atoms with van der Waals surface area (Å²) >= 11 is 6.05. The Kier molecular flexibility index (Phi) is 8.74. The van der Waals surface area contributed by atoms with Gasteiger partial charge in [-0.3, -0.25) is 4.79 Å². The van der Waals surface area contributed by atoms with Crippen LogP contribution in [0.4, 0.5) is 4.39 Å². The Bertz CT molecular complexity index is 831. The number of methoxy groups -OCH3 is 2. The smallest absolute Gasteiger partial charge is 0.234 e. The normalized spacial score (nSPS) is 12.0. The van der Waals surface area contributed by atoms with Gasteiger partial charge in [-0.25, -0.2) is 4.39 Å². The molecular formula is C22H28ClFN2O4. The molecule has 0 bridgehead atoms. The number of halogens is 2. The van der Waals surface area contributed by atoms with Crippen LogP contribution < -0.4 is 25.3 Å². The molecule has 0 unspecified atom stereocenters. The molecule has 30 heavy (non-hydrogen) atoms. The van der Waals surface area contributed by atoms with E-state index in [-0.39, 0.29) is 17.2 Å². The minimum atomic E-state index is -0.474. The van der Waals surface area contributed by atoms with Crippen LogP contribution in [0.15, 0.2) is 30.3 Å². The van der Waals surface area contributed by atoms with E-state index in [1.54, 1.807) is 18.2 Å². The molecule has 0 aromatic heterocycles. The third-order valence-corrected chi connectivity index (χ3v) is 4.96. The van der Waals surface area contributed by atoms with E-state index in [2.05, 4.69) is 5.32 Å². The molecule has 2 rings (SSSR count). The second kappa shape index (κ2) is 11.0. The van der Waals surface area contributed by atoms with Gasteiger partial charge in [0.1, 0.15) is 29.7 Å². The molecule has 0 spiro atoms. The molecule has 0 radical (unpaired) electrons. The summed E-state index contributed by atoms with van der Waals surface area (Å²) in [6.07, 6.45) is 0.616. The van der Waals surface area contributed by atoms with E-state index < -0.39 is 17.8 Å².